The molecule has 0 aliphatic carbocycles. The van der Waals surface area contributed by atoms with Gasteiger partial charge < -0.3 is 14.4 Å². The number of rotatable bonds is 7. The van der Waals surface area contributed by atoms with Crippen molar-refractivity contribution in [2.75, 3.05) is 27.3 Å². The van der Waals surface area contributed by atoms with Gasteiger partial charge in [0.05, 0.1) is 24.7 Å². The van der Waals surface area contributed by atoms with Gasteiger partial charge >= 0.3 is 0 Å². The van der Waals surface area contributed by atoms with E-state index in [1.54, 1.807) is 25.0 Å². The van der Waals surface area contributed by atoms with Gasteiger partial charge in [0.1, 0.15) is 11.5 Å². The standard InChI is InChI=1S/C23H30N2O5S/c1-16-11-13-25(14-12-16)23(26)20-15-18(9-10-22(20)30-4)31(27,28)24-17(2)19-7-5-6-8-21(19)29-3/h5-10,15-17,24H,11-14H2,1-4H3/t17-/m0/s1. The van der Waals surface area contributed by atoms with Gasteiger partial charge in [0, 0.05) is 24.7 Å². The van der Waals surface area contributed by atoms with Crippen LogP contribution < -0.4 is 14.2 Å². The second kappa shape index (κ2) is 9.70. The number of nitrogens with zero attached hydrogens (tertiary/aromatic N) is 1. The van der Waals surface area contributed by atoms with E-state index in [0.29, 0.717) is 30.5 Å². The first-order valence-corrected chi connectivity index (χ1v) is 11.9. The van der Waals surface area contributed by atoms with Gasteiger partial charge in [-0.2, -0.15) is 0 Å². The number of hydrogen-bond donors (Lipinski definition) is 1. The number of amides is 1. The maximum absolute atomic E-state index is 13.1. The lowest BCUT2D eigenvalue weighted by Gasteiger charge is -2.30. The normalized spacial score (nSPS) is 16.1. The maximum atomic E-state index is 13.1. The molecule has 1 aliphatic heterocycles. The first-order valence-electron chi connectivity index (χ1n) is 10.4. The molecule has 0 radical (unpaired) electrons. The summed E-state index contributed by atoms with van der Waals surface area (Å²) in [4.78, 5) is 14.9. The van der Waals surface area contributed by atoms with Gasteiger partial charge in [0.25, 0.3) is 5.91 Å². The predicted octanol–water partition coefficient (Wildman–Crippen LogP) is 3.62. The molecule has 1 atom stereocenters. The molecule has 1 saturated heterocycles. The molecule has 168 valence electrons. The summed E-state index contributed by atoms with van der Waals surface area (Å²) in [7, 11) is -0.868. The van der Waals surface area contributed by atoms with E-state index >= 15 is 0 Å². The SMILES string of the molecule is COc1ccc(S(=O)(=O)N[C@@H](C)c2ccccc2OC)cc1C(=O)N1CCC(C)CC1. The number of nitrogens with one attached hydrogen (secondary N) is 1. The molecule has 8 heteroatoms. The van der Waals surface area contributed by atoms with Gasteiger partial charge in [-0.05, 0) is 49.9 Å². The van der Waals surface area contributed by atoms with Crippen LogP contribution in [0.3, 0.4) is 0 Å². The Balaban J connectivity index is 1.88. The van der Waals surface area contributed by atoms with E-state index in [0.717, 1.165) is 18.4 Å². The van der Waals surface area contributed by atoms with Crippen LogP contribution in [0.25, 0.3) is 0 Å². The van der Waals surface area contributed by atoms with Gasteiger partial charge in [-0.15, -0.1) is 0 Å². The molecule has 1 N–H and O–H groups in total. The summed E-state index contributed by atoms with van der Waals surface area (Å²) in [6.07, 6.45) is 1.87. The second-order valence-electron chi connectivity index (χ2n) is 7.92. The summed E-state index contributed by atoms with van der Waals surface area (Å²) in [6, 6.07) is 11.1. The Morgan fingerprint density at radius 1 is 1.06 bits per heavy atom. The zero-order valence-electron chi connectivity index (χ0n) is 18.4. The third-order valence-corrected chi connectivity index (χ3v) is 7.26. The minimum absolute atomic E-state index is 0.0174. The highest BCUT2D eigenvalue weighted by molar-refractivity contribution is 7.89. The molecule has 0 saturated carbocycles. The van der Waals surface area contributed by atoms with Crippen LogP contribution in [0.4, 0.5) is 0 Å². The highest BCUT2D eigenvalue weighted by Gasteiger charge is 2.27. The van der Waals surface area contributed by atoms with Crippen LogP contribution in [-0.4, -0.2) is 46.5 Å². The van der Waals surface area contributed by atoms with Crippen LogP contribution in [-0.2, 0) is 10.0 Å². The monoisotopic (exact) mass is 446 g/mol. The second-order valence-corrected chi connectivity index (χ2v) is 9.64. The van der Waals surface area contributed by atoms with Crippen molar-refractivity contribution in [2.24, 2.45) is 5.92 Å². The first kappa shape index (κ1) is 23.1. The molecule has 1 aliphatic rings. The molecule has 1 fully saturated rings. The summed E-state index contributed by atoms with van der Waals surface area (Å²) in [5.74, 6) is 1.33. The third-order valence-electron chi connectivity index (χ3n) is 5.72. The van der Waals surface area contributed by atoms with E-state index in [2.05, 4.69) is 11.6 Å². The van der Waals surface area contributed by atoms with E-state index in [1.807, 2.05) is 18.2 Å². The Morgan fingerprint density at radius 3 is 2.35 bits per heavy atom. The number of sulfonamides is 1. The van der Waals surface area contributed by atoms with Crippen molar-refractivity contribution in [3.63, 3.8) is 0 Å². The van der Waals surface area contributed by atoms with E-state index in [9.17, 15) is 13.2 Å². The van der Waals surface area contributed by atoms with Crippen molar-refractivity contribution in [3.8, 4) is 11.5 Å². The minimum Gasteiger partial charge on any atom is -0.496 e. The fraction of sp³-hybridized carbons (Fsp3) is 0.435. The average molecular weight is 447 g/mol. The molecular weight excluding hydrogens is 416 g/mol. The Kier molecular flexibility index (Phi) is 7.23. The zero-order valence-corrected chi connectivity index (χ0v) is 19.2. The van der Waals surface area contributed by atoms with Crippen molar-refractivity contribution < 1.29 is 22.7 Å². The van der Waals surface area contributed by atoms with Crippen molar-refractivity contribution in [1.29, 1.82) is 0 Å². The lowest BCUT2D eigenvalue weighted by Crippen LogP contribution is -2.38. The fourth-order valence-corrected chi connectivity index (χ4v) is 5.04. The van der Waals surface area contributed by atoms with Crippen LogP contribution in [0.2, 0.25) is 0 Å². The highest BCUT2D eigenvalue weighted by Crippen LogP contribution is 2.29. The first-order chi connectivity index (χ1) is 14.8. The van der Waals surface area contributed by atoms with Crippen LogP contribution >= 0.6 is 0 Å². The largest absolute Gasteiger partial charge is 0.496 e. The average Bonchev–Trinajstić information content (AvgIpc) is 2.78. The molecule has 0 aromatic heterocycles. The van der Waals surface area contributed by atoms with Gasteiger partial charge in [0.15, 0.2) is 0 Å². The molecule has 0 bridgehead atoms. The number of hydrogen-bond acceptors (Lipinski definition) is 5. The van der Waals surface area contributed by atoms with Crippen LogP contribution in [0.15, 0.2) is 47.4 Å². The Hall–Kier alpha value is -2.58. The van der Waals surface area contributed by atoms with Crippen molar-refractivity contribution >= 4 is 15.9 Å². The van der Waals surface area contributed by atoms with E-state index in [-0.39, 0.29) is 16.4 Å². The summed E-state index contributed by atoms with van der Waals surface area (Å²) in [5, 5.41) is 0. The smallest absolute Gasteiger partial charge is 0.257 e. The molecule has 2 aromatic rings. The van der Waals surface area contributed by atoms with E-state index in [4.69, 9.17) is 9.47 Å². The number of benzene rings is 2. The quantitative estimate of drug-likeness (QED) is 0.702. The maximum Gasteiger partial charge on any atom is 0.257 e. The van der Waals surface area contributed by atoms with Crippen LogP contribution in [0.5, 0.6) is 11.5 Å². The van der Waals surface area contributed by atoms with E-state index in [1.165, 1.54) is 25.3 Å². The summed E-state index contributed by atoms with van der Waals surface area (Å²) >= 11 is 0. The predicted molar refractivity (Wildman–Crippen MR) is 119 cm³/mol. The summed E-state index contributed by atoms with van der Waals surface area (Å²) in [6.45, 7) is 5.23. The molecule has 2 aromatic carbocycles. The number of carbonyl (C=O) groups is 1. The topological polar surface area (TPSA) is 84.9 Å². The van der Waals surface area contributed by atoms with Crippen molar-refractivity contribution in [3.05, 3.63) is 53.6 Å². The number of piperidine rings is 1. The Morgan fingerprint density at radius 2 is 1.71 bits per heavy atom. The molecular formula is C23H30N2O5S. The molecule has 0 spiro atoms. The van der Waals surface area contributed by atoms with Crippen molar-refractivity contribution in [2.45, 2.75) is 37.6 Å². The molecule has 31 heavy (non-hydrogen) atoms. The van der Waals surface area contributed by atoms with Gasteiger partial charge in [-0.3, -0.25) is 4.79 Å². The number of carbonyl (C=O) groups excluding carboxylic acids is 1. The highest BCUT2D eigenvalue weighted by atomic mass is 32.2. The molecule has 0 unspecified atom stereocenters. The van der Waals surface area contributed by atoms with Gasteiger partial charge in [-0.1, -0.05) is 25.1 Å². The number of likely N-dealkylation sites (tertiary alicyclic amines) is 1. The number of methoxy groups -OCH3 is 2. The Bertz CT molecular complexity index is 1030. The molecule has 7 nitrogen and oxygen atoms in total. The van der Waals surface area contributed by atoms with Gasteiger partial charge in [-0.25, -0.2) is 13.1 Å². The fourth-order valence-electron chi connectivity index (χ4n) is 3.79. The van der Waals surface area contributed by atoms with E-state index < -0.39 is 16.1 Å². The van der Waals surface area contributed by atoms with Crippen LogP contribution in [0.1, 0.15) is 48.7 Å². The number of ether oxygens (including phenoxy) is 2. The lowest BCUT2D eigenvalue weighted by atomic mass is 9.98. The molecule has 1 heterocycles. The zero-order chi connectivity index (χ0) is 22.6. The summed E-state index contributed by atoms with van der Waals surface area (Å²) in [5.41, 5.74) is 0.977. The minimum atomic E-state index is -3.88. The number of para-hydroxylation sites is 1. The molecule has 1 amide bonds. The third kappa shape index (κ3) is 5.19. The molecule has 3 rings (SSSR count). The summed E-state index contributed by atoms with van der Waals surface area (Å²) < 4.78 is 39.6. The lowest BCUT2D eigenvalue weighted by molar-refractivity contribution is 0.0693. The van der Waals surface area contributed by atoms with Crippen LogP contribution in [0, 0.1) is 5.92 Å². The Labute approximate surface area is 184 Å². The van der Waals surface area contributed by atoms with Crippen molar-refractivity contribution in [1.82, 2.24) is 9.62 Å². The van der Waals surface area contributed by atoms with Gasteiger partial charge in [0.2, 0.25) is 10.0 Å².